The smallest absolute Gasteiger partial charge is 0.135 e. The molecule has 0 saturated heterocycles. The van der Waals surface area contributed by atoms with Gasteiger partial charge in [0.25, 0.3) is 0 Å². The predicted octanol–water partition coefficient (Wildman–Crippen LogP) is 2.27. The first kappa shape index (κ1) is 8.50. The van der Waals surface area contributed by atoms with Gasteiger partial charge in [0.1, 0.15) is 5.76 Å². The van der Waals surface area contributed by atoms with Crippen LogP contribution in [-0.2, 0) is 9.78 Å². The lowest BCUT2D eigenvalue weighted by atomic mass is 10.2. The highest BCUT2D eigenvalue weighted by molar-refractivity contribution is 4.79. The Balaban J connectivity index is 3.06. The van der Waals surface area contributed by atoms with Crippen molar-refractivity contribution < 1.29 is 9.78 Å². The molecular formula is C7H14O2. The minimum atomic E-state index is 0.708. The van der Waals surface area contributed by atoms with Gasteiger partial charge in [-0.1, -0.05) is 19.9 Å². The van der Waals surface area contributed by atoms with Gasteiger partial charge in [-0.05, 0) is 6.42 Å². The van der Waals surface area contributed by atoms with Crippen molar-refractivity contribution in [2.45, 2.75) is 26.2 Å². The molecule has 0 aromatic rings. The third-order valence-electron chi connectivity index (χ3n) is 1.01. The molecule has 0 aliphatic carbocycles. The molecule has 54 valence electrons. The largest absolute Gasteiger partial charge is 0.343 e. The zero-order valence-electron chi connectivity index (χ0n) is 6.14. The highest BCUT2D eigenvalue weighted by atomic mass is 17.2. The first-order valence-electron chi connectivity index (χ1n) is 3.19. The van der Waals surface area contributed by atoms with E-state index >= 15 is 0 Å². The van der Waals surface area contributed by atoms with Gasteiger partial charge in [-0.3, -0.25) is 0 Å². The van der Waals surface area contributed by atoms with E-state index in [1.165, 1.54) is 7.11 Å². The molecule has 0 heterocycles. The lowest BCUT2D eigenvalue weighted by Gasteiger charge is -2.01. The number of hydrogen-bond donors (Lipinski definition) is 0. The van der Waals surface area contributed by atoms with E-state index in [9.17, 15) is 0 Å². The summed E-state index contributed by atoms with van der Waals surface area (Å²) in [4.78, 5) is 9.05. The molecule has 0 aromatic heterocycles. The molecule has 0 amide bonds. The van der Waals surface area contributed by atoms with E-state index in [-0.39, 0.29) is 0 Å². The average Bonchev–Trinajstić information content (AvgIpc) is 1.85. The molecule has 2 nitrogen and oxygen atoms in total. The molecule has 0 bridgehead atoms. The van der Waals surface area contributed by atoms with Crippen molar-refractivity contribution in [3.05, 3.63) is 12.3 Å². The third kappa shape index (κ3) is 5.37. The summed E-state index contributed by atoms with van der Waals surface area (Å²) in [6.45, 7) is 5.76. The van der Waals surface area contributed by atoms with Gasteiger partial charge in [0.15, 0.2) is 0 Å². The highest BCUT2D eigenvalue weighted by Crippen LogP contribution is 2.05. The summed E-state index contributed by atoms with van der Waals surface area (Å²) in [6.07, 6.45) is 3.17. The maximum atomic E-state index is 4.65. The van der Waals surface area contributed by atoms with Crippen LogP contribution in [0.25, 0.3) is 0 Å². The van der Waals surface area contributed by atoms with Crippen LogP contribution >= 0.6 is 0 Å². The molecule has 0 aliphatic rings. The van der Waals surface area contributed by atoms with Crippen molar-refractivity contribution in [3.8, 4) is 0 Å². The van der Waals surface area contributed by atoms with E-state index in [1.54, 1.807) is 0 Å². The molecule has 0 aromatic carbocycles. The Labute approximate surface area is 56.4 Å². The SMILES string of the molecule is C=C(CCCC)OOC. The Bertz CT molecular complexity index is 79.0. The first-order chi connectivity index (χ1) is 4.31. The minimum absolute atomic E-state index is 0.708. The fourth-order valence-corrected chi connectivity index (χ4v) is 0.533. The van der Waals surface area contributed by atoms with Crippen LogP contribution < -0.4 is 0 Å². The first-order valence-corrected chi connectivity index (χ1v) is 3.19. The monoisotopic (exact) mass is 130 g/mol. The van der Waals surface area contributed by atoms with Gasteiger partial charge in [-0.2, -0.15) is 4.89 Å². The predicted molar refractivity (Wildman–Crippen MR) is 36.8 cm³/mol. The Morgan fingerprint density at radius 3 is 2.67 bits per heavy atom. The van der Waals surface area contributed by atoms with Crippen molar-refractivity contribution in [2.75, 3.05) is 7.11 Å². The van der Waals surface area contributed by atoms with Crippen LogP contribution in [0.4, 0.5) is 0 Å². The van der Waals surface area contributed by atoms with Crippen molar-refractivity contribution in [1.82, 2.24) is 0 Å². The Morgan fingerprint density at radius 2 is 2.22 bits per heavy atom. The molecule has 0 atom stereocenters. The van der Waals surface area contributed by atoms with Crippen LogP contribution in [-0.4, -0.2) is 7.11 Å². The Morgan fingerprint density at radius 1 is 1.56 bits per heavy atom. The molecule has 0 unspecified atom stereocenters. The van der Waals surface area contributed by atoms with Crippen LogP contribution in [0.15, 0.2) is 12.3 Å². The summed E-state index contributed by atoms with van der Waals surface area (Å²) in [5, 5.41) is 0. The van der Waals surface area contributed by atoms with Gasteiger partial charge >= 0.3 is 0 Å². The topological polar surface area (TPSA) is 18.5 Å². The van der Waals surface area contributed by atoms with Crippen LogP contribution in [0.2, 0.25) is 0 Å². The second-order valence-electron chi connectivity index (χ2n) is 1.89. The average molecular weight is 130 g/mol. The van der Waals surface area contributed by atoms with Gasteiger partial charge in [0.2, 0.25) is 0 Å². The van der Waals surface area contributed by atoms with E-state index in [2.05, 4.69) is 23.3 Å². The summed E-state index contributed by atoms with van der Waals surface area (Å²) < 4.78 is 0. The zero-order valence-corrected chi connectivity index (χ0v) is 6.14. The summed E-state index contributed by atoms with van der Waals surface area (Å²) in [7, 11) is 1.48. The van der Waals surface area contributed by atoms with Crippen LogP contribution in [0.3, 0.4) is 0 Å². The van der Waals surface area contributed by atoms with Crippen molar-refractivity contribution in [3.63, 3.8) is 0 Å². The van der Waals surface area contributed by atoms with Gasteiger partial charge in [-0.15, -0.1) is 0 Å². The van der Waals surface area contributed by atoms with Crippen molar-refractivity contribution >= 4 is 0 Å². The molecule has 0 spiro atoms. The maximum Gasteiger partial charge on any atom is 0.135 e. The summed E-state index contributed by atoms with van der Waals surface area (Å²) in [5.41, 5.74) is 0. The molecule has 9 heavy (non-hydrogen) atoms. The molecule has 0 radical (unpaired) electrons. The second kappa shape index (κ2) is 5.63. The standard InChI is InChI=1S/C7H14O2/c1-4-5-6-7(2)9-8-3/h2,4-6H2,1,3H3. The Hall–Kier alpha value is -0.500. The van der Waals surface area contributed by atoms with Crippen LogP contribution in [0.1, 0.15) is 26.2 Å². The summed E-state index contributed by atoms with van der Waals surface area (Å²) in [6, 6.07) is 0. The zero-order chi connectivity index (χ0) is 7.11. The second-order valence-corrected chi connectivity index (χ2v) is 1.89. The lowest BCUT2D eigenvalue weighted by Crippen LogP contribution is -1.88. The van der Waals surface area contributed by atoms with E-state index in [1.807, 2.05) is 0 Å². The number of hydrogen-bond acceptors (Lipinski definition) is 2. The molecular weight excluding hydrogens is 116 g/mol. The molecule has 0 aliphatic heterocycles. The van der Waals surface area contributed by atoms with Crippen LogP contribution in [0, 0.1) is 0 Å². The fourth-order valence-electron chi connectivity index (χ4n) is 0.533. The third-order valence-corrected chi connectivity index (χ3v) is 1.01. The van der Waals surface area contributed by atoms with Gasteiger partial charge in [0, 0.05) is 6.42 Å². The van der Waals surface area contributed by atoms with E-state index in [0.29, 0.717) is 5.76 Å². The molecule has 2 heteroatoms. The van der Waals surface area contributed by atoms with Crippen molar-refractivity contribution in [1.29, 1.82) is 0 Å². The number of rotatable bonds is 5. The molecule has 0 rings (SSSR count). The maximum absolute atomic E-state index is 4.65. The molecule has 0 N–H and O–H groups in total. The van der Waals surface area contributed by atoms with E-state index in [4.69, 9.17) is 0 Å². The quantitative estimate of drug-likeness (QED) is 0.323. The van der Waals surface area contributed by atoms with Gasteiger partial charge in [-0.25, -0.2) is 0 Å². The van der Waals surface area contributed by atoms with Gasteiger partial charge in [0.05, 0.1) is 7.11 Å². The van der Waals surface area contributed by atoms with E-state index in [0.717, 1.165) is 19.3 Å². The van der Waals surface area contributed by atoms with E-state index < -0.39 is 0 Å². The van der Waals surface area contributed by atoms with Crippen molar-refractivity contribution in [2.24, 2.45) is 0 Å². The lowest BCUT2D eigenvalue weighted by molar-refractivity contribution is -0.239. The van der Waals surface area contributed by atoms with Crippen LogP contribution in [0.5, 0.6) is 0 Å². The number of allylic oxidation sites excluding steroid dienone is 1. The number of unbranched alkanes of at least 4 members (excludes halogenated alkanes) is 1. The van der Waals surface area contributed by atoms with Gasteiger partial charge < -0.3 is 4.89 Å². The molecule has 0 saturated carbocycles. The summed E-state index contributed by atoms with van der Waals surface area (Å²) >= 11 is 0. The molecule has 0 fully saturated rings. The summed E-state index contributed by atoms with van der Waals surface area (Å²) in [5.74, 6) is 0.708. The highest BCUT2D eigenvalue weighted by Gasteiger charge is 1.91. The Kier molecular flexibility index (Phi) is 5.32. The minimum Gasteiger partial charge on any atom is -0.343 e. The normalized spacial score (nSPS) is 9.11. The fraction of sp³-hybridized carbons (Fsp3) is 0.714.